The number of hydrogen-bond acceptors (Lipinski definition) is 3. The van der Waals surface area contributed by atoms with Crippen molar-refractivity contribution >= 4 is 11.7 Å². The molecule has 1 fully saturated rings. The van der Waals surface area contributed by atoms with Gasteiger partial charge in [0, 0.05) is 25.4 Å². The van der Waals surface area contributed by atoms with Gasteiger partial charge in [-0.05, 0) is 43.5 Å². The number of aromatic hydroxyl groups is 1. The molecule has 1 amide bonds. The third-order valence-corrected chi connectivity index (χ3v) is 5.22. The summed E-state index contributed by atoms with van der Waals surface area (Å²) in [5, 5.41) is 9.83. The van der Waals surface area contributed by atoms with Crippen LogP contribution in [0.15, 0.2) is 42.5 Å². The number of carbonyl (C=O) groups excluding carboxylic acids is 2. The number of Topliss-reactive ketones (excluding diaryl/α,β-unsaturated/α-hetero) is 1. The fraction of sp³-hybridized carbons (Fsp3) is 0.364. The normalized spacial score (nSPS) is 17.0. The van der Waals surface area contributed by atoms with Crippen molar-refractivity contribution in [2.45, 2.75) is 51.4 Å². The standard InChI is InChI=1S/C22H22F3NO3/c1-14-3-2-4-15(11-14)13-26-17(7-10-21(26)29)6-9-20(28)18-12-16(22(23,24)25)5-8-19(18)27/h2-5,8,11-12,17,27H,6-7,9-10,13H2,1H3/t17-/m1/s1. The second kappa shape index (κ2) is 8.27. The molecule has 1 saturated heterocycles. The summed E-state index contributed by atoms with van der Waals surface area (Å²) in [6.45, 7) is 2.40. The van der Waals surface area contributed by atoms with E-state index in [2.05, 4.69) is 0 Å². The summed E-state index contributed by atoms with van der Waals surface area (Å²) in [5.41, 5.74) is 0.762. The minimum Gasteiger partial charge on any atom is -0.507 e. The summed E-state index contributed by atoms with van der Waals surface area (Å²) in [6, 6.07) is 9.97. The third-order valence-electron chi connectivity index (χ3n) is 5.22. The summed E-state index contributed by atoms with van der Waals surface area (Å²) < 4.78 is 38.7. The van der Waals surface area contributed by atoms with Crippen molar-refractivity contribution in [3.8, 4) is 5.75 Å². The van der Waals surface area contributed by atoms with Crippen LogP contribution in [0.25, 0.3) is 0 Å². The van der Waals surface area contributed by atoms with Gasteiger partial charge in [-0.2, -0.15) is 13.2 Å². The fourth-order valence-corrected chi connectivity index (χ4v) is 3.69. The Balaban J connectivity index is 1.68. The van der Waals surface area contributed by atoms with Gasteiger partial charge in [0.2, 0.25) is 5.91 Å². The summed E-state index contributed by atoms with van der Waals surface area (Å²) in [4.78, 5) is 26.5. The van der Waals surface area contributed by atoms with Crippen LogP contribution in [-0.2, 0) is 17.5 Å². The zero-order chi connectivity index (χ0) is 21.2. The lowest BCUT2D eigenvalue weighted by molar-refractivity contribution is -0.137. The minimum atomic E-state index is -4.59. The number of phenols is 1. The highest BCUT2D eigenvalue weighted by Gasteiger charge is 2.33. The van der Waals surface area contributed by atoms with Crippen molar-refractivity contribution in [3.05, 3.63) is 64.7 Å². The van der Waals surface area contributed by atoms with Crippen LogP contribution in [-0.4, -0.2) is 27.7 Å². The molecule has 3 rings (SSSR count). The van der Waals surface area contributed by atoms with E-state index in [1.165, 1.54) is 0 Å². The maximum atomic E-state index is 12.9. The van der Waals surface area contributed by atoms with Gasteiger partial charge in [-0.15, -0.1) is 0 Å². The number of nitrogens with zero attached hydrogens (tertiary/aromatic N) is 1. The molecule has 1 atom stereocenters. The van der Waals surface area contributed by atoms with Crippen LogP contribution in [0, 0.1) is 6.92 Å². The molecule has 154 valence electrons. The third kappa shape index (κ3) is 4.96. The van der Waals surface area contributed by atoms with Gasteiger partial charge in [0.1, 0.15) is 5.75 Å². The van der Waals surface area contributed by atoms with Crippen LogP contribution in [0.5, 0.6) is 5.75 Å². The molecule has 1 aliphatic rings. The number of benzene rings is 2. The van der Waals surface area contributed by atoms with Crippen LogP contribution < -0.4 is 0 Å². The van der Waals surface area contributed by atoms with Gasteiger partial charge in [0.05, 0.1) is 11.1 Å². The number of phenolic OH excluding ortho intramolecular Hbond substituents is 1. The first-order valence-corrected chi connectivity index (χ1v) is 9.43. The molecule has 0 saturated carbocycles. The molecule has 0 bridgehead atoms. The molecule has 0 aliphatic carbocycles. The summed E-state index contributed by atoms with van der Waals surface area (Å²) in [6.07, 6.45) is -3.31. The van der Waals surface area contributed by atoms with Crippen molar-refractivity contribution in [2.75, 3.05) is 0 Å². The fourth-order valence-electron chi connectivity index (χ4n) is 3.69. The highest BCUT2D eigenvalue weighted by Crippen LogP contribution is 2.33. The first kappa shape index (κ1) is 20.9. The number of halogens is 3. The lowest BCUT2D eigenvalue weighted by Crippen LogP contribution is -2.32. The van der Waals surface area contributed by atoms with Gasteiger partial charge in [0.15, 0.2) is 5.78 Å². The number of alkyl halides is 3. The van der Waals surface area contributed by atoms with Crippen LogP contribution in [0.3, 0.4) is 0 Å². The Labute approximate surface area is 167 Å². The summed E-state index contributed by atoms with van der Waals surface area (Å²) in [7, 11) is 0. The first-order valence-electron chi connectivity index (χ1n) is 9.43. The van der Waals surface area contributed by atoms with Crippen molar-refractivity contribution in [2.24, 2.45) is 0 Å². The Morgan fingerprint density at radius 3 is 2.66 bits per heavy atom. The van der Waals surface area contributed by atoms with Crippen LogP contribution in [0.4, 0.5) is 13.2 Å². The molecule has 7 heteroatoms. The Bertz CT molecular complexity index is 924. The van der Waals surface area contributed by atoms with Crippen molar-refractivity contribution in [1.82, 2.24) is 4.90 Å². The van der Waals surface area contributed by atoms with E-state index in [-0.39, 0.29) is 23.9 Å². The minimum absolute atomic E-state index is 0.00544. The van der Waals surface area contributed by atoms with E-state index < -0.39 is 23.3 Å². The highest BCUT2D eigenvalue weighted by molar-refractivity contribution is 5.98. The highest BCUT2D eigenvalue weighted by atomic mass is 19.4. The lowest BCUT2D eigenvalue weighted by atomic mass is 9.99. The van der Waals surface area contributed by atoms with Crippen LogP contribution in [0.2, 0.25) is 0 Å². The summed E-state index contributed by atoms with van der Waals surface area (Å²) >= 11 is 0. The molecule has 2 aromatic rings. The van der Waals surface area contributed by atoms with Crippen molar-refractivity contribution < 1.29 is 27.9 Å². The molecule has 1 heterocycles. The molecule has 4 nitrogen and oxygen atoms in total. The first-order chi connectivity index (χ1) is 13.6. The molecule has 1 aliphatic heterocycles. The predicted molar refractivity (Wildman–Crippen MR) is 101 cm³/mol. The summed E-state index contributed by atoms with van der Waals surface area (Å²) in [5.74, 6) is -1.03. The Hall–Kier alpha value is -2.83. The molecule has 0 radical (unpaired) electrons. The van der Waals surface area contributed by atoms with Crippen LogP contribution in [0.1, 0.15) is 52.7 Å². The van der Waals surface area contributed by atoms with Crippen molar-refractivity contribution in [3.63, 3.8) is 0 Å². The van der Waals surface area contributed by atoms with Gasteiger partial charge >= 0.3 is 6.18 Å². The quantitative estimate of drug-likeness (QED) is 0.698. The second-order valence-electron chi connectivity index (χ2n) is 7.39. The van der Waals surface area contributed by atoms with Crippen LogP contribution >= 0.6 is 0 Å². The zero-order valence-corrected chi connectivity index (χ0v) is 16.0. The van der Waals surface area contributed by atoms with E-state index in [4.69, 9.17) is 0 Å². The number of carbonyl (C=O) groups is 2. The zero-order valence-electron chi connectivity index (χ0n) is 16.0. The van der Waals surface area contributed by atoms with Crippen molar-refractivity contribution in [1.29, 1.82) is 0 Å². The van der Waals surface area contributed by atoms with E-state index in [1.807, 2.05) is 31.2 Å². The predicted octanol–water partition coefficient (Wildman–Crippen LogP) is 4.87. The lowest BCUT2D eigenvalue weighted by Gasteiger charge is -2.25. The van der Waals surface area contributed by atoms with Gasteiger partial charge in [-0.3, -0.25) is 9.59 Å². The molecule has 0 unspecified atom stereocenters. The topological polar surface area (TPSA) is 57.6 Å². The molecule has 0 spiro atoms. The monoisotopic (exact) mass is 405 g/mol. The number of rotatable bonds is 6. The number of likely N-dealkylation sites (tertiary alicyclic amines) is 1. The maximum Gasteiger partial charge on any atom is 0.416 e. The van der Waals surface area contributed by atoms with E-state index in [1.54, 1.807) is 4.90 Å². The van der Waals surface area contributed by atoms with Gasteiger partial charge in [0.25, 0.3) is 0 Å². The molecule has 2 aromatic carbocycles. The average Bonchev–Trinajstić information content (AvgIpc) is 2.99. The Kier molecular flexibility index (Phi) is 5.96. The number of amides is 1. The Morgan fingerprint density at radius 2 is 1.97 bits per heavy atom. The van der Waals surface area contributed by atoms with Gasteiger partial charge in [-0.1, -0.05) is 29.8 Å². The van der Waals surface area contributed by atoms with Gasteiger partial charge < -0.3 is 10.0 Å². The number of aryl methyl sites for hydroxylation is 1. The van der Waals surface area contributed by atoms with E-state index >= 15 is 0 Å². The van der Waals surface area contributed by atoms with Gasteiger partial charge in [-0.25, -0.2) is 0 Å². The SMILES string of the molecule is Cc1cccc(CN2C(=O)CC[C@H]2CCC(=O)c2cc(C(F)(F)F)ccc2O)c1. The molecule has 1 N–H and O–H groups in total. The smallest absolute Gasteiger partial charge is 0.416 e. The van der Waals surface area contributed by atoms with E-state index in [0.717, 1.165) is 23.3 Å². The largest absolute Gasteiger partial charge is 0.507 e. The maximum absolute atomic E-state index is 12.9. The molecule has 0 aromatic heterocycles. The second-order valence-corrected chi connectivity index (χ2v) is 7.39. The molecule has 29 heavy (non-hydrogen) atoms. The number of hydrogen-bond donors (Lipinski definition) is 1. The Morgan fingerprint density at radius 1 is 1.21 bits per heavy atom. The average molecular weight is 405 g/mol. The van der Waals surface area contributed by atoms with E-state index in [0.29, 0.717) is 31.9 Å². The van der Waals surface area contributed by atoms with E-state index in [9.17, 15) is 27.9 Å². The molecular weight excluding hydrogens is 383 g/mol. The number of ketones is 1. The molecular formula is C22H22F3NO3.